The first-order valence-corrected chi connectivity index (χ1v) is 4.50. The quantitative estimate of drug-likeness (QED) is 0.631. The number of hydrogen-bond acceptors (Lipinski definition) is 2. The van der Waals surface area contributed by atoms with Crippen molar-refractivity contribution in [1.82, 2.24) is 5.32 Å². The van der Waals surface area contributed by atoms with Crippen molar-refractivity contribution in [3.05, 3.63) is 22.6 Å². The molecule has 0 aliphatic rings. The van der Waals surface area contributed by atoms with E-state index in [-0.39, 0.29) is 0 Å². The van der Waals surface area contributed by atoms with Gasteiger partial charge in [0.2, 0.25) is 0 Å². The second-order valence-electron chi connectivity index (χ2n) is 2.32. The lowest BCUT2D eigenvalue weighted by molar-refractivity contribution is 0.483. The zero-order valence-corrected chi connectivity index (χ0v) is 8.23. The van der Waals surface area contributed by atoms with Crippen LogP contribution in [0.25, 0.3) is 0 Å². The molecule has 64 valence electrons. The largest absolute Gasteiger partial charge is 0.467 e. The van der Waals surface area contributed by atoms with Crippen LogP contribution in [0.15, 0.2) is 21.2 Å². The maximum atomic E-state index is 5.18. The molecule has 12 heavy (non-hydrogen) atoms. The van der Waals surface area contributed by atoms with Gasteiger partial charge < -0.3 is 9.73 Å². The Morgan fingerprint density at radius 1 is 1.67 bits per heavy atom. The Labute approximate surface area is 80.5 Å². The van der Waals surface area contributed by atoms with Crippen LogP contribution in [0.3, 0.4) is 0 Å². The summed E-state index contributed by atoms with van der Waals surface area (Å²) in [6.45, 7) is 1.54. The molecule has 0 spiro atoms. The van der Waals surface area contributed by atoms with Gasteiger partial charge in [-0.05, 0) is 22.0 Å². The van der Waals surface area contributed by atoms with Gasteiger partial charge in [0.25, 0.3) is 0 Å². The molecule has 1 rings (SSSR count). The van der Waals surface area contributed by atoms with Crippen LogP contribution in [0.1, 0.15) is 12.2 Å². The molecule has 0 radical (unpaired) electrons. The maximum Gasteiger partial charge on any atom is 0.131 e. The molecule has 3 heteroatoms. The first-order valence-electron chi connectivity index (χ1n) is 3.70. The minimum Gasteiger partial charge on any atom is -0.467 e. The van der Waals surface area contributed by atoms with Gasteiger partial charge in [0.05, 0.1) is 17.3 Å². The number of halogens is 1. The third-order valence-corrected chi connectivity index (χ3v) is 2.13. The van der Waals surface area contributed by atoms with Crippen LogP contribution in [-0.2, 0) is 6.54 Å². The Kier molecular flexibility index (Phi) is 3.92. The van der Waals surface area contributed by atoms with Crippen molar-refractivity contribution in [3.63, 3.8) is 0 Å². The van der Waals surface area contributed by atoms with Gasteiger partial charge in [-0.1, -0.05) is 0 Å². The van der Waals surface area contributed by atoms with Crippen molar-refractivity contribution in [2.24, 2.45) is 0 Å². The van der Waals surface area contributed by atoms with E-state index in [0.717, 1.165) is 29.7 Å². The van der Waals surface area contributed by atoms with Crippen LogP contribution in [-0.4, -0.2) is 6.54 Å². The molecule has 0 saturated carbocycles. The molecular formula is C9H10BrNO. The number of terminal acetylenes is 1. The predicted molar refractivity (Wildman–Crippen MR) is 51.6 cm³/mol. The van der Waals surface area contributed by atoms with Crippen LogP contribution in [0.2, 0.25) is 0 Å². The van der Waals surface area contributed by atoms with E-state index in [1.54, 1.807) is 6.26 Å². The number of furan rings is 1. The molecule has 1 N–H and O–H groups in total. The molecule has 0 atom stereocenters. The van der Waals surface area contributed by atoms with Crippen LogP contribution in [0.4, 0.5) is 0 Å². The fraction of sp³-hybridized carbons (Fsp3) is 0.333. The number of rotatable bonds is 4. The lowest BCUT2D eigenvalue weighted by Crippen LogP contribution is -2.13. The first kappa shape index (κ1) is 9.37. The summed E-state index contributed by atoms with van der Waals surface area (Å²) in [7, 11) is 0. The molecule has 1 aromatic rings. The number of nitrogens with one attached hydrogen (secondary N) is 1. The lowest BCUT2D eigenvalue weighted by atomic mass is 10.4. The van der Waals surface area contributed by atoms with E-state index >= 15 is 0 Å². The molecule has 0 aliphatic heterocycles. The summed E-state index contributed by atoms with van der Waals surface area (Å²) in [5.41, 5.74) is 0. The summed E-state index contributed by atoms with van der Waals surface area (Å²) in [5, 5.41) is 3.16. The molecule has 1 heterocycles. The van der Waals surface area contributed by atoms with Gasteiger partial charge in [0, 0.05) is 13.0 Å². The average Bonchev–Trinajstić information content (AvgIpc) is 2.46. The van der Waals surface area contributed by atoms with E-state index in [2.05, 4.69) is 27.2 Å². The summed E-state index contributed by atoms with van der Waals surface area (Å²) >= 11 is 3.36. The third-order valence-electron chi connectivity index (χ3n) is 1.42. The van der Waals surface area contributed by atoms with Gasteiger partial charge in [0.15, 0.2) is 0 Å². The van der Waals surface area contributed by atoms with Crippen molar-refractivity contribution in [2.45, 2.75) is 13.0 Å². The van der Waals surface area contributed by atoms with Gasteiger partial charge in [-0.3, -0.25) is 0 Å². The molecule has 0 aliphatic carbocycles. The minimum atomic E-state index is 0.718. The van der Waals surface area contributed by atoms with Crippen LogP contribution < -0.4 is 5.32 Å². The Bertz CT molecular complexity index is 274. The van der Waals surface area contributed by atoms with Gasteiger partial charge in [-0.2, -0.15) is 0 Å². The predicted octanol–water partition coefficient (Wildman–Crippen LogP) is 2.16. The van der Waals surface area contributed by atoms with Crippen molar-refractivity contribution in [3.8, 4) is 12.3 Å². The summed E-state index contributed by atoms with van der Waals surface area (Å²) in [4.78, 5) is 0. The van der Waals surface area contributed by atoms with Crippen LogP contribution in [0, 0.1) is 12.3 Å². The van der Waals surface area contributed by atoms with E-state index in [1.807, 2.05) is 6.07 Å². The second kappa shape index (κ2) is 5.02. The monoisotopic (exact) mass is 227 g/mol. The van der Waals surface area contributed by atoms with E-state index < -0.39 is 0 Å². The fourth-order valence-electron chi connectivity index (χ4n) is 0.814. The molecule has 0 fully saturated rings. The van der Waals surface area contributed by atoms with Crippen molar-refractivity contribution in [1.29, 1.82) is 0 Å². The van der Waals surface area contributed by atoms with Crippen molar-refractivity contribution >= 4 is 15.9 Å². The molecule has 1 aromatic heterocycles. The van der Waals surface area contributed by atoms with E-state index in [4.69, 9.17) is 10.8 Å². The van der Waals surface area contributed by atoms with E-state index in [9.17, 15) is 0 Å². The molecule has 2 nitrogen and oxygen atoms in total. The van der Waals surface area contributed by atoms with Crippen molar-refractivity contribution in [2.75, 3.05) is 6.54 Å². The van der Waals surface area contributed by atoms with E-state index in [0.29, 0.717) is 0 Å². The Morgan fingerprint density at radius 2 is 2.50 bits per heavy atom. The zero-order chi connectivity index (χ0) is 8.81. The van der Waals surface area contributed by atoms with Crippen LogP contribution in [0.5, 0.6) is 0 Å². The Balaban J connectivity index is 2.25. The average molecular weight is 228 g/mol. The number of hydrogen-bond donors (Lipinski definition) is 1. The molecular weight excluding hydrogens is 218 g/mol. The first-order chi connectivity index (χ1) is 5.84. The zero-order valence-electron chi connectivity index (χ0n) is 6.64. The minimum absolute atomic E-state index is 0.718. The van der Waals surface area contributed by atoms with Gasteiger partial charge >= 0.3 is 0 Å². The van der Waals surface area contributed by atoms with Gasteiger partial charge in [-0.15, -0.1) is 12.3 Å². The molecule has 0 aromatic carbocycles. The fourth-order valence-corrected chi connectivity index (χ4v) is 1.16. The summed E-state index contributed by atoms with van der Waals surface area (Å²) < 4.78 is 6.18. The standard InChI is InChI=1S/C9H10BrNO/c1-2-3-5-11-7-9-8(10)4-6-12-9/h1,4,6,11H,3,5,7H2. The highest BCUT2D eigenvalue weighted by Gasteiger charge is 2.00. The molecule has 0 bridgehead atoms. The van der Waals surface area contributed by atoms with Gasteiger partial charge in [-0.25, -0.2) is 0 Å². The normalized spacial score (nSPS) is 9.67. The Morgan fingerprint density at radius 3 is 3.08 bits per heavy atom. The lowest BCUT2D eigenvalue weighted by Gasteiger charge is -1.98. The maximum absolute atomic E-state index is 5.18. The highest BCUT2D eigenvalue weighted by atomic mass is 79.9. The molecule has 0 amide bonds. The van der Waals surface area contributed by atoms with E-state index in [1.165, 1.54) is 0 Å². The molecule has 0 saturated heterocycles. The van der Waals surface area contributed by atoms with Gasteiger partial charge in [0.1, 0.15) is 5.76 Å². The SMILES string of the molecule is C#CCCNCc1occc1Br. The topological polar surface area (TPSA) is 25.2 Å². The third kappa shape index (κ3) is 2.72. The second-order valence-corrected chi connectivity index (χ2v) is 3.18. The highest BCUT2D eigenvalue weighted by Crippen LogP contribution is 2.16. The summed E-state index contributed by atoms with van der Waals surface area (Å²) in [6, 6.07) is 1.87. The highest BCUT2D eigenvalue weighted by molar-refractivity contribution is 9.10. The molecule has 0 unspecified atom stereocenters. The van der Waals surface area contributed by atoms with Crippen molar-refractivity contribution < 1.29 is 4.42 Å². The summed E-state index contributed by atoms with van der Waals surface area (Å²) in [6.07, 6.45) is 7.50. The smallest absolute Gasteiger partial charge is 0.131 e. The summed E-state index contributed by atoms with van der Waals surface area (Å²) in [5.74, 6) is 3.47. The van der Waals surface area contributed by atoms with Crippen LogP contribution >= 0.6 is 15.9 Å². The Hall–Kier alpha value is -0.720.